The number of β-amino-alcohol motifs (C(OH)–C–C–N with tert-alkyl or cyclic N) is 1. The highest BCUT2D eigenvalue weighted by atomic mass is 32.1. The third-order valence-electron chi connectivity index (χ3n) is 8.10. The number of likely N-dealkylation sites (tertiary alicyclic amines) is 2. The minimum absolute atomic E-state index is 0.0340. The van der Waals surface area contributed by atoms with E-state index in [1.54, 1.807) is 6.07 Å². The van der Waals surface area contributed by atoms with Crippen LogP contribution in [0.4, 0.5) is 13.2 Å². The van der Waals surface area contributed by atoms with Crippen molar-refractivity contribution < 1.29 is 32.7 Å². The Morgan fingerprint density at radius 1 is 1.21 bits per heavy atom. The lowest BCUT2D eigenvalue weighted by atomic mass is 9.99. The Labute approximate surface area is 225 Å². The zero-order valence-electron chi connectivity index (χ0n) is 21.4. The van der Waals surface area contributed by atoms with Gasteiger partial charge in [-0.05, 0) is 42.5 Å². The maximum absolute atomic E-state index is 13.8. The summed E-state index contributed by atoms with van der Waals surface area (Å²) in [5, 5.41) is 9.93. The molecule has 3 fully saturated rings. The molecule has 3 aromatic rings. The zero-order chi connectivity index (χ0) is 28.0. The molecule has 3 aromatic heterocycles. The van der Waals surface area contributed by atoms with Gasteiger partial charge in [-0.25, -0.2) is 4.98 Å². The first-order valence-electron chi connectivity index (χ1n) is 12.6. The fourth-order valence-corrected chi connectivity index (χ4v) is 7.05. The minimum Gasteiger partial charge on any atom is -0.391 e. The number of nitrogens with zero attached hydrogens (tertiary/aromatic N) is 4. The smallest absolute Gasteiger partial charge is 0.391 e. The molecule has 2 saturated heterocycles. The number of hydrogen-bond donors (Lipinski definition) is 1. The molecule has 2 aliphatic heterocycles. The van der Waals surface area contributed by atoms with Crippen LogP contribution in [0, 0.1) is 24.2 Å². The van der Waals surface area contributed by atoms with Crippen LogP contribution >= 0.6 is 11.3 Å². The van der Waals surface area contributed by atoms with Crippen molar-refractivity contribution in [3.05, 3.63) is 46.1 Å². The lowest BCUT2D eigenvalue weighted by molar-refractivity contribution is -0.144. The third-order valence-corrected chi connectivity index (χ3v) is 9.24. The van der Waals surface area contributed by atoms with E-state index in [0.29, 0.717) is 27.1 Å². The Morgan fingerprint density at radius 3 is 2.51 bits per heavy atom. The molecular weight excluding hydrogens is 533 g/mol. The Hall–Kier alpha value is -3.38. The molecule has 3 aliphatic rings. The number of amides is 3. The Morgan fingerprint density at radius 2 is 1.90 bits per heavy atom. The highest BCUT2D eigenvalue weighted by Gasteiger charge is 2.72. The number of aliphatic hydroxyl groups is 1. The lowest BCUT2D eigenvalue weighted by Gasteiger charge is -2.21. The van der Waals surface area contributed by atoms with Gasteiger partial charge in [-0.1, -0.05) is 13.8 Å². The number of hydrogen-bond acceptors (Lipinski definition) is 7. The number of carbonyl (C=O) groups excluding carboxylic acids is 3. The summed E-state index contributed by atoms with van der Waals surface area (Å²) < 4.78 is 41.9. The molecular formula is C27H25F3N4O4S. The third kappa shape index (κ3) is 4.03. The van der Waals surface area contributed by atoms with Gasteiger partial charge in [0.15, 0.2) is 0 Å². The van der Waals surface area contributed by atoms with Crippen LogP contribution in [-0.2, 0) is 22.3 Å². The zero-order valence-corrected chi connectivity index (χ0v) is 22.2. The summed E-state index contributed by atoms with van der Waals surface area (Å²) in [5.41, 5.74) is -0.653. The molecule has 0 radical (unpaired) electrons. The van der Waals surface area contributed by atoms with Gasteiger partial charge < -0.3 is 10.0 Å². The average molecular weight is 559 g/mol. The van der Waals surface area contributed by atoms with Crippen LogP contribution in [0.1, 0.15) is 46.8 Å². The van der Waals surface area contributed by atoms with Gasteiger partial charge in [0.1, 0.15) is 5.69 Å². The summed E-state index contributed by atoms with van der Waals surface area (Å²) in [4.78, 5) is 50.8. The van der Waals surface area contributed by atoms with Crippen molar-refractivity contribution >= 4 is 39.3 Å². The largest absolute Gasteiger partial charge is 0.433 e. The Balaban J connectivity index is 1.43. The first-order valence-corrected chi connectivity index (χ1v) is 13.4. The van der Waals surface area contributed by atoms with Crippen molar-refractivity contribution in [3.63, 3.8) is 0 Å². The van der Waals surface area contributed by atoms with Crippen LogP contribution in [0.5, 0.6) is 0 Å². The molecule has 39 heavy (non-hydrogen) atoms. The van der Waals surface area contributed by atoms with Gasteiger partial charge in [0.2, 0.25) is 11.8 Å². The van der Waals surface area contributed by atoms with Crippen molar-refractivity contribution in [2.24, 2.45) is 17.3 Å². The highest BCUT2D eigenvalue weighted by molar-refractivity contribution is 7.19. The van der Waals surface area contributed by atoms with Crippen molar-refractivity contribution in [2.75, 3.05) is 13.1 Å². The summed E-state index contributed by atoms with van der Waals surface area (Å²) in [7, 11) is 0. The first kappa shape index (κ1) is 25.9. The van der Waals surface area contributed by atoms with Gasteiger partial charge >= 0.3 is 6.18 Å². The number of thiophene rings is 1. The second kappa shape index (κ2) is 8.56. The number of aromatic nitrogens is 2. The van der Waals surface area contributed by atoms with E-state index in [2.05, 4.69) is 9.97 Å². The molecule has 0 bridgehead atoms. The first-order chi connectivity index (χ1) is 18.3. The number of fused-ring (bicyclic) bond motifs is 2. The molecule has 1 aliphatic carbocycles. The number of rotatable bonds is 4. The number of halogens is 3. The van der Waals surface area contributed by atoms with E-state index in [-0.39, 0.29) is 65.5 Å². The summed E-state index contributed by atoms with van der Waals surface area (Å²) in [6.07, 6.45) is -3.61. The second-order valence-electron chi connectivity index (χ2n) is 11.1. The van der Waals surface area contributed by atoms with E-state index in [9.17, 15) is 32.7 Å². The number of aryl methyl sites for hydroxylation is 1. The van der Waals surface area contributed by atoms with E-state index in [1.807, 2.05) is 13.8 Å². The van der Waals surface area contributed by atoms with Crippen LogP contribution in [0.3, 0.4) is 0 Å². The molecule has 1 N–H and O–H groups in total. The molecule has 6 rings (SSSR count). The van der Waals surface area contributed by atoms with E-state index < -0.39 is 23.9 Å². The number of aliphatic hydroxyl groups excluding tert-OH is 1. The van der Waals surface area contributed by atoms with Crippen molar-refractivity contribution in [1.29, 1.82) is 0 Å². The van der Waals surface area contributed by atoms with Crippen molar-refractivity contribution in [2.45, 2.75) is 46.0 Å². The number of alkyl halides is 3. The van der Waals surface area contributed by atoms with Gasteiger partial charge in [0.25, 0.3) is 5.91 Å². The fraction of sp³-hybridized carbons (Fsp3) is 0.444. The second-order valence-corrected chi connectivity index (χ2v) is 12.2. The molecule has 1 saturated carbocycles. The minimum atomic E-state index is -4.73. The SMILES string of the molecule is Cc1cc(C(F)(F)F)nc(-c2ccnc3cc(CN4C(=O)C5C(C4=O)C5(C)C)sc23)c1C(=O)N1CC[C@H](O)C1. The lowest BCUT2D eigenvalue weighted by Crippen LogP contribution is -2.35. The quantitative estimate of drug-likeness (QED) is 0.485. The fourth-order valence-electron chi connectivity index (χ4n) is 5.93. The molecule has 8 nitrogen and oxygen atoms in total. The van der Waals surface area contributed by atoms with Crippen LogP contribution in [0.15, 0.2) is 24.4 Å². The molecule has 5 heterocycles. The van der Waals surface area contributed by atoms with E-state index in [4.69, 9.17) is 0 Å². The average Bonchev–Trinajstić information content (AvgIpc) is 3.24. The van der Waals surface area contributed by atoms with Gasteiger partial charge in [0, 0.05) is 29.7 Å². The summed E-state index contributed by atoms with van der Waals surface area (Å²) in [6, 6.07) is 4.08. The predicted octanol–water partition coefficient (Wildman–Crippen LogP) is 4.03. The standard InChI is InChI=1S/C27H25F3N4O4S/c1-12-8-17(27(28,29)30)32-21(18(12)23(36)33-7-5-13(35)10-33)15-4-6-31-16-9-14(39-22(15)16)11-34-24(37)19-20(25(34)38)26(19,2)3/h4,6,8-9,13,19-20,35H,5,7,10-11H2,1-3H3/t13-,19?,20?/m0/s1. The Kier molecular flexibility index (Phi) is 5.68. The van der Waals surface area contributed by atoms with Gasteiger partial charge in [0.05, 0.1) is 46.0 Å². The Bertz CT molecular complexity index is 1540. The molecule has 0 spiro atoms. The van der Waals surface area contributed by atoms with E-state index in [0.717, 1.165) is 6.07 Å². The summed E-state index contributed by atoms with van der Waals surface area (Å²) in [6.45, 7) is 5.66. The molecule has 3 atom stereocenters. The maximum Gasteiger partial charge on any atom is 0.433 e. The summed E-state index contributed by atoms with van der Waals surface area (Å²) in [5.74, 6) is -1.56. The number of pyridine rings is 2. The molecule has 204 valence electrons. The van der Waals surface area contributed by atoms with Crippen LogP contribution in [0.25, 0.3) is 21.5 Å². The van der Waals surface area contributed by atoms with Crippen LogP contribution in [-0.4, -0.2) is 61.8 Å². The number of carbonyl (C=O) groups is 3. The summed E-state index contributed by atoms with van der Waals surface area (Å²) >= 11 is 1.20. The van der Waals surface area contributed by atoms with Crippen LogP contribution < -0.4 is 0 Å². The van der Waals surface area contributed by atoms with Gasteiger partial charge in [-0.3, -0.25) is 24.3 Å². The molecule has 0 aromatic carbocycles. The number of imide groups is 1. The number of piperidine rings is 1. The maximum atomic E-state index is 13.8. The molecule has 12 heteroatoms. The van der Waals surface area contributed by atoms with E-state index >= 15 is 0 Å². The van der Waals surface area contributed by atoms with Crippen molar-refractivity contribution in [3.8, 4) is 11.3 Å². The monoisotopic (exact) mass is 558 g/mol. The molecule has 2 unspecified atom stereocenters. The van der Waals surface area contributed by atoms with E-state index in [1.165, 1.54) is 40.3 Å². The van der Waals surface area contributed by atoms with Crippen LogP contribution in [0.2, 0.25) is 0 Å². The topological polar surface area (TPSA) is 104 Å². The van der Waals surface area contributed by atoms with Crippen molar-refractivity contribution in [1.82, 2.24) is 19.8 Å². The highest BCUT2D eigenvalue weighted by Crippen LogP contribution is 2.63. The normalized spacial score (nSPS) is 24.1. The van der Waals surface area contributed by atoms with Gasteiger partial charge in [-0.15, -0.1) is 11.3 Å². The molecule has 3 amide bonds. The predicted molar refractivity (Wildman–Crippen MR) is 135 cm³/mol. The van der Waals surface area contributed by atoms with Gasteiger partial charge in [-0.2, -0.15) is 13.2 Å².